The van der Waals surface area contributed by atoms with Crippen LogP contribution in [0.5, 0.6) is 0 Å². The third kappa shape index (κ3) is 2.45. The first-order valence-corrected chi connectivity index (χ1v) is 7.43. The van der Waals surface area contributed by atoms with E-state index in [0.29, 0.717) is 11.7 Å². The molecule has 4 rings (SSSR count). The molecule has 0 radical (unpaired) electrons. The maximum atomic E-state index is 11.8. The number of hydrogen-bond donors (Lipinski definition) is 0. The van der Waals surface area contributed by atoms with E-state index in [4.69, 9.17) is 4.52 Å². The van der Waals surface area contributed by atoms with Gasteiger partial charge in [0.1, 0.15) is 5.92 Å². The monoisotopic (exact) mass is 319 g/mol. The first-order valence-electron chi connectivity index (χ1n) is 7.43. The SMILES string of the molecule is Cc1nn(-c2ccccc2)cc1-c1nc(C2C=CC=NC2=O)no1. The Labute approximate surface area is 137 Å². The molecule has 0 aliphatic carbocycles. The van der Waals surface area contributed by atoms with Gasteiger partial charge in [0.15, 0.2) is 5.82 Å². The molecule has 3 aromatic rings. The van der Waals surface area contributed by atoms with Crippen molar-refractivity contribution in [2.24, 2.45) is 4.99 Å². The van der Waals surface area contributed by atoms with Gasteiger partial charge in [0.25, 0.3) is 11.8 Å². The van der Waals surface area contributed by atoms with Crippen LogP contribution in [0.3, 0.4) is 0 Å². The standard InChI is InChI=1S/C17H13N5O2/c1-11-14(10-22(20-11)12-6-3-2-4-7-12)17-19-15(21-24-17)13-8-5-9-18-16(13)23/h2-10,13H,1H3. The molecule has 1 aliphatic rings. The molecule has 1 amide bonds. The number of amides is 1. The van der Waals surface area contributed by atoms with Crippen molar-refractivity contribution in [3.63, 3.8) is 0 Å². The predicted molar refractivity (Wildman–Crippen MR) is 87.0 cm³/mol. The summed E-state index contributed by atoms with van der Waals surface area (Å²) in [5.41, 5.74) is 2.43. The van der Waals surface area contributed by atoms with E-state index in [1.54, 1.807) is 16.8 Å². The molecule has 7 heteroatoms. The van der Waals surface area contributed by atoms with Crippen LogP contribution in [0.2, 0.25) is 0 Å². The van der Waals surface area contributed by atoms with Gasteiger partial charge in [-0.2, -0.15) is 10.1 Å². The van der Waals surface area contributed by atoms with E-state index in [9.17, 15) is 4.79 Å². The molecule has 0 fully saturated rings. The van der Waals surface area contributed by atoms with Gasteiger partial charge in [-0.3, -0.25) is 4.79 Å². The smallest absolute Gasteiger partial charge is 0.261 e. The van der Waals surface area contributed by atoms with E-state index >= 15 is 0 Å². The Balaban J connectivity index is 1.68. The van der Waals surface area contributed by atoms with Crippen LogP contribution in [0.25, 0.3) is 17.1 Å². The number of para-hydroxylation sites is 1. The average molecular weight is 319 g/mol. The number of aryl methyl sites for hydroxylation is 1. The van der Waals surface area contributed by atoms with Crippen LogP contribution >= 0.6 is 0 Å². The lowest BCUT2D eigenvalue weighted by Crippen LogP contribution is -2.12. The lowest BCUT2D eigenvalue weighted by molar-refractivity contribution is -0.118. The summed E-state index contributed by atoms with van der Waals surface area (Å²) in [4.78, 5) is 19.9. The minimum absolute atomic E-state index is 0.301. The number of benzene rings is 1. The Kier molecular flexibility index (Phi) is 3.38. The Morgan fingerprint density at radius 2 is 2.04 bits per heavy atom. The number of carbonyl (C=O) groups is 1. The fraction of sp³-hybridized carbons (Fsp3) is 0.118. The molecule has 118 valence electrons. The number of allylic oxidation sites excluding steroid dienone is 1. The summed E-state index contributed by atoms with van der Waals surface area (Å²) in [6.45, 7) is 1.87. The van der Waals surface area contributed by atoms with E-state index < -0.39 is 5.92 Å². The molecule has 0 N–H and O–H groups in total. The summed E-state index contributed by atoms with van der Waals surface area (Å²) in [5.74, 6) is -0.270. The van der Waals surface area contributed by atoms with Crippen LogP contribution < -0.4 is 0 Å². The van der Waals surface area contributed by atoms with Gasteiger partial charge in [0.2, 0.25) is 0 Å². The summed E-state index contributed by atoms with van der Waals surface area (Å²) in [7, 11) is 0. The topological polar surface area (TPSA) is 86.2 Å². The summed E-state index contributed by atoms with van der Waals surface area (Å²) in [6.07, 6.45) is 6.68. The van der Waals surface area contributed by atoms with Crippen molar-refractivity contribution in [1.29, 1.82) is 0 Å². The predicted octanol–water partition coefficient (Wildman–Crippen LogP) is 2.48. The molecule has 1 unspecified atom stereocenters. The number of carbonyl (C=O) groups excluding carboxylic acids is 1. The van der Waals surface area contributed by atoms with E-state index in [2.05, 4.69) is 20.2 Å². The molecular weight excluding hydrogens is 306 g/mol. The summed E-state index contributed by atoms with van der Waals surface area (Å²) in [5, 5.41) is 8.40. The van der Waals surface area contributed by atoms with Crippen molar-refractivity contribution in [2.75, 3.05) is 0 Å². The summed E-state index contributed by atoms with van der Waals surface area (Å²) < 4.78 is 7.08. The van der Waals surface area contributed by atoms with E-state index in [-0.39, 0.29) is 5.91 Å². The second-order valence-corrected chi connectivity index (χ2v) is 5.35. The second-order valence-electron chi connectivity index (χ2n) is 5.35. The zero-order chi connectivity index (χ0) is 16.5. The van der Waals surface area contributed by atoms with Crippen LogP contribution in [-0.2, 0) is 4.79 Å². The van der Waals surface area contributed by atoms with Crippen LogP contribution in [0.4, 0.5) is 0 Å². The highest BCUT2D eigenvalue weighted by atomic mass is 16.5. The molecule has 3 heterocycles. The van der Waals surface area contributed by atoms with Crippen LogP contribution in [0, 0.1) is 6.92 Å². The molecule has 7 nitrogen and oxygen atoms in total. The van der Waals surface area contributed by atoms with Crippen molar-refractivity contribution in [3.8, 4) is 17.1 Å². The summed E-state index contributed by atoms with van der Waals surface area (Å²) in [6, 6.07) is 9.75. The maximum Gasteiger partial charge on any atom is 0.261 e. The Bertz CT molecular complexity index is 953. The minimum atomic E-state index is -0.600. The highest BCUT2D eigenvalue weighted by Crippen LogP contribution is 2.25. The van der Waals surface area contributed by atoms with Crippen LogP contribution in [-0.4, -0.2) is 32.0 Å². The van der Waals surface area contributed by atoms with Crippen molar-refractivity contribution < 1.29 is 9.32 Å². The molecule has 24 heavy (non-hydrogen) atoms. The van der Waals surface area contributed by atoms with Gasteiger partial charge < -0.3 is 4.52 Å². The Morgan fingerprint density at radius 3 is 2.83 bits per heavy atom. The summed E-state index contributed by atoms with van der Waals surface area (Å²) >= 11 is 0. The fourth-order valence-corrected chi connectivity index (χ4v) is 2.49. The zero-order valence-electron chi connectivity index (χ0n) is 12.8. The van der Waals surface area contributed by atoms with Gasteiger partial charge in [0, 0.05) is 12.4 Å². The van der Waals surface area contributed by atoms with E-state index in [0.717, 1.165) is 16.9 Å². The number of nitrogens with zero attached hydrogens (tertiary/aromatic N) is 5. The van der Waals surface area contributed by atoms with Gasteiger partial charge >= 0.3 is 0 Å². The molecular formula is C17H13N5O2. The molecule has 1 atom stereocenters. The highest BCUT2D eigenvalue weighted by molar-refractivity contribution is 5.96. The van der Waals surface area contributed by atoms with Gasteiger partial charge in [0.05, 0.1) is 16.9 Å². The Hall–Kier alpha value is -3.35. The van der Waals surface area contributed by atoms with Crippen LogP contribution in [0.1, 0.15) is 17.4 Å². The van der Waals surface area contributed by atoms with Gasteiger partial charge in [-0.25, -0.2) is 9.67 Å². The molecule has 0 bridgehead atoms. The molecule has 1 aromatic carbocycles. The number of dihydropyridines is 1. The van der Waals surface area contributed by atoms with Gasteiger partial charge in [-0.15, -0.1) is 0 Å². The van der Waals surface area contributed by atoms with E-state index in [1.807, 2.05) is 43.5 Å². The molecule has 2 aromatic heterocycles. The van der Waals surface area contributed by atoms with Crippen molar-refractivity contribution >= 4 is 12.1 Å². The second kappa shape index (κ2) is 5.69. The first-order chi connectivity index (χ1) is 11.7. The Morgan fingerprint density at radius 1 is 1.21 bits per heavy atom. The molecule has 1 aliphatic heterocycles. The molecule has 0 saturated heterocycles. The van der Waals surface area contributed by atoms with Crippen molar-refractivity contribution in [2.45, 2.75) is 12.8 Å². The average Bonchev–Trinajstić information content (AvgIpc) is 3.23. The molecule has 0 saturated carbocycles. The third-order valence-corrected chi connectivity index (χ3v) is 3.73. The highest BCUT2D eigenvalue weighted by Gasteiger charge is 2.25. The lowest BCUT2D eigenvalue weighted by atomic mass is 10.1. The van der Waals surface area contributed by atoms with Crippen LogP contribution in [0.15, 0.2) is 58.2 Å². The fourth-order valence-electron chi connectivity index (χ4n) is 2.49. The number of aromatic nitrogens is 4. The number of rotatable bonds is 3. The van der Waals surface area contributed by atoms with Crippen molar-refractivity contribution in [1.82, 2.24) is 19.9 Å². The minimum Gasteiger partial charge on any atom is -0.334 e. The molecule has 0 spiro atoms. The lowest BCUT2D eigenvalue weighted by Gasteiger charge is -2.04. The quantitative estimate of drug-likeness (QED) is 0.740. The number of aliphatic imine (C=N–C) groups is 1. The van der Waals surface area contributed by atoms with E-state index in [1.165, 1.54) is 6.21 Å². The third-order valence-electron chi connectivity index (χ3n) is 3.73. The van der Waals surface area contributed by atoms with Gasteiger partial charge in [-0.05, 0) is 25.1 Å². The normalized spacial score (nSPS) is 16.7. The van der Waals surface area contributed by atoms with Gasteiger partial charge in [-0.1, -0.05) is 29.4 Å². The van der Waals surface area contributed by atoms with Crippen molar-refractivity contribution in [3.05, 3.63) is 60.2 Å². The zero-order valence-corrected chi connectivity index (χ0v) is 12.8. The maximum absolute atomic E-state index is 11.8. The largest absolute Gasteiger partial charge is 0.334 e. The number of hydrogen-bond acceptors (Lipinski definition) is 5. The first kappa shape index (κ1) is 14.3.